The number of thioether (sulfide) groups is 1. The van der Waals surface area contributed by atoms with Gasteiger partial charge in [0.2, 0.25) is 5.91 Å². The van der Waals surface area contributed by atoms with Crippen LogP contribution in [0.4, 0.5) is 5.69 Å². The van der Waals surface area contributed by atoms with Crippen molar-refractivity contribution >= 4 is 23.4 Å². The molecule has 0 aromatic heterocycles. The highest BCUT2D eigenvalue weighted by Crippen LogP contribution is 2.30. The molecule has 1 fully saturated rings. The average molecular weight is 355 g/mol. The van der Waals surface area contributed by atoms with Crippen molar-refractivity contribution in [2.24, 2.45) is 0 Å². The van der Waals surface area contributed by atoms with Crippen LogP contribution >= 0.6 is 11.8 Å². The van der Waals surface area contributed by atoms with Crippen molar-refractivity contribution < 1.29 is 4.79 Å². The molecule has 0 aliphatic carbocycles. The SMILES string of the molecule is CCC(=O)N(c1ccccc1)C1CCN(CCc2ccccc2)CS1. The van der Waals surface area contributed by atoms with Gasteiger partial charge in [0.05, 0.1) is 5.37 Å². The molecule has 4 heteroatoms. The summed E-state index contributed by atoms with van der Waals surface area (Å²) in [6, 6.07) is 20.7. The van der Waals surface area contributed by atoms with Gasteiger partial charge in [0.15, 0.2) is 0 Å². The molecule has 1 unspecified atom stereocenters. The second-order valence-electron chi connectivity index (χ2n) is 6.35. The van der Waals surface area contributed by atoms with E-state index >= 15 is 0 Å². The molecule has 25 heavy (non-hydrogen) atoms. The molecule has 0 bridgehead atoms. The molecule has 0 spiro atoms. The van der Waals surface area contributed by atoms with Crippen LogP contribution in [0.1, 0.15) is 25.3 Å². The Bertz CT molecular complexity index is 654. The molecule has 1 aliphatic rings. The Morgan fingerprint density at radius 3 is 2.40 bits per heavy atom. The van der Waals surface area contributed by atoms with Crippen LogP contribution in [0.5, 0.6) is 0 Å². The third-order valence-corrected chi connectivity index (χ3v) is 5.94. The molecular formula is C21H26N2OS. The molecule has 3 nitrogen and oxygen atoms in total. The van der Waals surface area contributed by atoms with Gasteiger partial charge in [-0.3, -0.25) is 14.6 Å². The molecule has 2 aromatic rings. The van der Waals surface area contributed by atoms with Crippen molar-refractivity contribution in [1.82, 2.24) is 4.90 Å². The van der Waals surface area contributed by atoms with Crippen LogP contribution in [0.2, 0.25) is 0 Å². The number of rotatable bonds is 6. The summed E-state index contributed by atoms with van der Waals surface area (Å²) in [5.41, 5.74) is 2.41. The van der Waals surface area contributed by atoms with E-state index in [1.54, 1.807) is 0 Å². The molecule has 3 rings (SSSR count). The average Bonchev–Trinajstić information content (AvgIpc) is 2.69. The highest BCUT2D eigenvalue weighted by molar-refractivity contribution is 8.00. The zero-order valence-electron chi connectivity index (χ0n) is 14.8. The van der Waals surface area contributed by atoms with E-state index in [4.69, 9.17) is 0 Å². The topological polar surface area (TPSA) is 23.6 Å². The minimum atomic E-state index is 0.210. The highest BCUT2D eigenvalue weighted by atomic mass is 32.2. The number of hydrogen-bond acceptors (Lipinski definition) is 3. The monoisotopic (exact) mass is 354 g/mol. The van der Waals surface area contributed by atoms with Crippen LogP contribution in [0.25, 0.3) is 0 Å². The number of carbonyl (C=O) groups is 1. The Morgan fingerprint density at radius 2 is 1.80 bits per heavy atom. The second-order valence-corrected chi connectivity index (χ2v) is 7.48. The molecular weight excluding hydrogens is 328 g/mol. The van der Waals surface area contributed by atoms with Crippen molar-refractivity contribution in [3.05, 3.63) is 66.2 Å². The highest BCUT2D eigenvalue weighted by Gasteiger charge is 2.28. The maximum Gasteiger partial charge on any atom is 0.227 e. The lowest BCUT2D eigenvalue weighted by Crippen LogP contribution is -2.45. The molecule has 0 radical (unpaired) electrons. The number of anilines is 1. The standard InChI is InChI=1S/C21H26N2OS/c1-2-20(24)23(19-11-7-4-8-12-19)21-14-16-22(17-25-21)15-13-18-9-5-3-6-10-18/h3-12,21H,2,13-17H2,1H3. The van der Waals surface area contributed by atoms with E-state index in [0.717, 1.165) is 37.5 Å². The smallest absolute Gasteiger partial charge is 0.227 e. The number of para-hydroxylation sites is 1. The number of carbonyl (C=O) groups excluding carboxylic acids is 1. The summed E-state index contributed by atoms with van der Waals surface area (Å²) in [6.07, 6.45) is 2.64. The van der Waals surface area contributed by atoms with Crippen molar-refractivity contribution in [2.75, 3.05) is 23.9 Å². The molecule has 132 valence electrons. The molecule has 0 N–H and O–H groups in total. The molecule has 0 saturated carbocycles. The Kier molecular flexibility index (Phi) is 6.54. The fraction of sp³-hybridized carbons (Fsp3) is 0.381. The number of nitrogens with zero attached hydrogens (tertiary/aromatic N) is 2. The minimum Gasteiger partial charge on any atom is -0.300 e. The molecule has 1 saturated heterocycles. The summed E-state index contributed by atoms with van der Waals surface area (Å²) in [6.45, 7) is 4.07. The van der Waals surface area contributed by atoms with Crippen molar-refractivity contribution in [1.29, 1.82) is 0 Å². The Balaban J connectivity index is 1.57. The second kappa shape index (κ2) is 9.07. The van der Waals surface area contributed by atoms with Crippen LogP contribution < -0.4 is 4.90 Å². The van der Waals surface area contributed by atoms with Gasteiger partial charge in [-0.2, -0.15) is 0 Å². The summed E-state index contributed by atoms with van der Waals surface area (Å²) in [4.78, 5) is 17.0. The minimum absolute atomic E-state index is 0.210. The van der Waals surface area contributed by atoms with E-state index in [2.05, 4.69) is 35.2 Å². The van der Waals surface area contributed by atoms with Crippen LogP contribution in [-0.2, 0) is 11.2 Å². The van der Waals surface area contributed by atoms with Crippen LogP contribution in [-0.4, -0.2) is 35.1 Å². The Hall–Kier alpha value is -1.78. The van der Waals surface area contributed by atoms with E-state index in [0.29, 0.717) is 6.42 Å². The number of benzene rings is 2. The first kappa shape index (κ1) is 18.0. The summed E-state index contributed by atoms with van der Waals surface area (Å²) >= 11 is 1.88. The lowest BCUT2D eigenvalue weighted by molar-refractivity contribution is -0.118. The molecule has 1 amide bonds. The van der Waals surface area contributed by atoms with E-state index in [1.165, 1.54) is 5.56 Å². The lowest BCUT2D eigenvalue weighted by Gasteiger charge is -2.38. The van der Waals surface area contributed by atoms with Gasteiger partial charge < -0.3 is 0 Å². The fourth-order valence-corrected chi connectivity index (χ4v) is 4.48. The summed E-state index contributed by atoms with van der Waals surface area (Å²) in [5.74, 6) is 1.19. The predicted octanol–water partition coefficient (Wildman–Crippen LogP) is 4.39. The fourth-order valence-electron chi connectivity index (χ4n) is 3.17. The zero-order valence-corrected chi connectivity index (χ0v) is 15.6. The number of amides is 1. The van der Waals surface area contributed by atoms with Gasteiger partial charge in [-0.15, -0.1) is 11.8 Å². The Morgan fingerprint density at radius 1 is 1.12 bits per heavy atom. The third-order valence-electron chi connectivity index (χ3n) is 4.59. The lowest BCUT2D eigenvalue weighted by atomic mass is 10.1. The first-order valence-corrected chi connectivity index (χ1v) is 10.1. The number of hydrogen-bond donors (Lipinski definition) is 0. The normalized spacial score (nSPS) is 18.0. The Labute approximate surface area is 155 Å². The maximum atomic E-state index is 12.5. The van der Waals surface area contributed by atoms with Crippen molar-refractivity contribution in [3.63, 3.8) is 0 Å². The van der Waals surface area contributed by atoms with Gasteiger partial charge in [0, 0.05) is 31.1 Å². The molecule has 2 aromatic carbocycles. The largest absolute Gasteiger partial charge is 0.300 e. The molecule has 1 aliphatic heterocycles. The van der Waals surface area contributed by atoms with E-state index in [1.807, 2.05) is 53.9 Å². The van der Waals surface area contributed by atoms with Gasteiger partial charge in [-0.1, -0.05) is 55.5 Å². The van der Waals surface area contributed by atoms with E-state index < -0.39 is 0 Å². The quantitative estimate of drug-likeness (QED) is 0.768. The van der Waals surface area contributed by atoms with Crippen LogP contribution in [0, 0.1) is 0 Å². The van der Waals surface area contributed by atoms with E-state index in [-0.39, 0.29) is 11.3 Å². The van der Waals surface area contributed by atoms with E-state index in [9.17, 15) is 4.79 Å². The summed E-state index contributed by atoms with van der Waals surface area (Å²) in [7, 11) is 0. The first-order valence-electron chi connectivity index (χ1n) is 9.03. The third kappa shape index (κ3) is 4.86. The van der Waals surface area contributed by atoms with Gasteiger partial charge in [0.1, 0.15) is 0 Å². The first-order chi connectivity index (χ1) is 12.3. The maximum absolute atomic E-state index is 12.5. The zero-order chi connectivity index (χ0) is 17.5. The van der Waals surface area contributed by atoms with Gasteiger partial charge in [-0.25, -0.2) is 0 Å². The summed E-state index contributed by atoms with van der Waals surface area (Å²) < 4.78 is 0. The molecule has 1 heterocycles. The van der Waals surface area contributed by atoms with Crippen molar-refractivity contribution in [2.45, 2.75) is 31.6 Å². The van der Waals surface area contributed by atoms with Gasteiger partial charge in [-0.05, 0) is 30.5 Å². The van der Waals surface area contributed by atoms with Crippen LogP contribution in [0.15, 0.2) is 60.7 Å². The van der Waals surface area contributed by atoms with Gasteiger partial charge in [0.25, 0.3) is 0 Å². The molecule has 1 atom stereocenters. The predicted molar refractivity (Wildman–Crippen MR) is 107 cm³/mol. The summed E-state index contributed by atoms with van der Waals surface area (Å²) in [5, 5.41) is 0.239. The van der Waals surface area contributed by atoms with Crippen LogP contribution in [0.3, 0.4) is 0 Å². The van der Waals surface area contributed by atoms with Gasteiger partial charge >= 0.3 is 0 Å². The van der Waals surface area contributed by atoms with Crippen molar-refractivity contribution in [3.8, 4) is 0 Å².